The third-order valence-corrected chi connectivity index (χ3v) is 27.9. The second-order valence-corrected chi connectivity index (χ2v) is 37.9. The molecular weight excluding hydrogens is 1600 g/mol. The Kier molecular flexibility index (Phi) is 18.5. The molecule has 0 amide bonds. The molecule has 25 rings (SSSR count). The van der Waals surface area contributed by atoms with E-state index in [2.05, 4.69) is 508 Å². The number of fused-ring (bicyclic) bond motifs is 18. The lowest BCUT2D eigenvalue weighted by atomic mass is 9.65. The lowest BCUT2D eigenvalue weighted by Crippen LogP contribution is -2.31. The average molecular weight is 1700 g/mol. The van der Waals surface area contributed by atoms with Crippen LogP contribution in [-0.2, 0) is 16.2 Å². The first-order valence-electron chi connectivity index (χ1n) is 46.0. The summed E-state index contributed by atoms with van der Waals surface area (Å²) in [4.78, 5) is 10.6. The van der Waals surface area contributed by atoms with Crippen molar-refractivity contribution in [2.45, 2.75) is 78.6 Å². The zero-order valence-corrected chi connectivity index (χ0v) is 75.4. The number of hydrogen-bond acceptors (Lipinski definition) is 2. The molecule has 0 N–H and O–H groups in total. The van der Waals surface area contributed by atoms with E-state index in [4.69, 9.17) is 9.97 Å². The lowest BCUT2D eigenvalue weighted by Gasteiger charge is -2.37. The SMILES string of the molecule is CC(C)(C)c1ccc2c(c1)c1cc3c4ccccc4n(-c4cccc(C(c5ccccc5)(c5ccccc5)c5cccc(-n6c7ccccc7c7cc8c9cc(C(C)(C)C)ccc9n(-c9ccccc9)c8cc76)c5)c4)c3cc1n2-c1ccccc1.Cc1ccc2c3cc4c5ccccc5n(-c5nc(-c6ccccc6C)cc(-c6ccccc6C)n5)c4cc3n(-c3ccccc3)c2c1. The summed E-state index contributed by atoms with van der Waals surface area (Å²) in [5.74, 6) is 0.660. The predicted molar refractivity (Wildman–Crippen MR) is 555 cm³/mol. The highest BCUT2D eigenvalue weighted by molar-refractivity contribution is 6.23. The van der Waals surface area contributed by atoms with Gasteiger partial charge in [-0.05, 0) is 233 Å². The molecule has 18 aromatic carbocycles. The molecule has 0 aliphatic rings. The van der Waals surface area contributed by atoms with Gasteiger partial charge in [0.1, 0.15) is 0 Å². The lowest BCUT2D eigenvalue weighted by molar-refractivity contribution is 0.591. The van der Waals surface area contributed by atoms with Crippen molar-refractivity contribution in [3.8, 4) is 56.9 Å². The Morgan fingerprint density at radius 1 is 0.182 bits per heavy atom. The van der Waals surface area contributed by atoms with E-state index in [0.29, 0.717) is 5.95 Å². The number of aromatic nitrogens is 8. The Bertz CT molecular complexity index is 8530. The van der Waals surface area contributed by atoms with Gasteiger partial charge in [0, 0.05) is 104 Å². The molecule has 0 atom stereocenters. The third-order valence-electron chi connectivity index (χ3n) is 27.9. The van der Waals surface area contributed by atoms with Crippen LogP contribution in [0, 0.1) is 20.8 Å². The van der Waals surface area contributed by atoms with Crippen LogP contribution in [0.1, 0.15) is 91.6 Å². The summed E-state index contributed by atoms with van der Waals surface area (Å²) < 4.78 is 14.6. The number of hydrogen-bond donors (Lipinski definition) is 0. The van der Waals surface area contributed by atoms with Gasteiger partial charge in [-0.2, -0.15) is 0 Å². The van der Waals surface area contributed by atoms with Crippen molar-refractivity contribution in [1.82, 2.24) is 37.4 Å². The molecule has 7 heterocycles. The Morgan fingerprint density at radius 3 is 0.864 bits per heavy atom. The second-order valence-electron chi connectivity index (χ2n) is 37.9. The zero-order valence-electron chi connectivity index (χ0n) is 75.4. The maximum Gasteiger partial charge on any atom is 0.235 e. The molecule has 132 heavy (non-hydrogen) atoms. The van der Waals surface area contributed by atoms with Crippen molar-refractivity contribution in [3.05, 3.63) is 469 Å². The highest BCUT2D eigenvalue weighted by Crippen LogP contribution is 2.51. The van der Waals surface area contributed by atoms with E-state index < -0.39 is 5.41 Å². The van der Waals surface area contributed by atoms with Crippen LogP contribution in [0.15, 0.2) is 419 Å². The van der Waals surface area contributed by atoms with Gasteiger partial charge in [-0.25, -0.2) is 9.97 Å². The molecule has 8 heteroatoms. The summed E-state index contributed by atoms with van der Waals surface area (Å²) >= 11 is 0. The van der Waals surface area contributed by atoms with Gasteiger partial charge >= 0.3 is 0 Å². The number of aryl methyl sites for hydroxylation is 3. The van der Waals surface area contributed by atoms with Gasteiger partial charge in [-0.1, -0.05) is 308 Å². The molecular formula is C124H96N8. The minimum absolute atomic E-state index is 0.00207. The van der Waals surface area contributed by atoms with Crippen LogP contribution in [0.2, 0.25) is 0 Å². The maximum absolute atomic E-state index is 5.32. The van der Waals surface area contributed by atoms with Crippen LogP contribution in [0.4, 0.5) is 0 Å². The fraction of sp³-hybridized carbons (Fsp3) is 0.0968. The molecule has 0 fully saturated rings. The van der Waals surface area contributed by atoms with Gasteiger partial charge in [0.15, 0.2) is 0 Å². The first-order chi connectivity index (χ1) is 64.5. The van der Waals surface area contributed by atoms with Crippen molar-refractivity contribution in [2.75, 3.05) is 0 Å². The van der Waals surface area contributed by atoms with Crippen LogP contribution >= 0.6 is 0 Å². The number of para-hydroxylation sites is 6. The molecule has 7 aromatic heterocycles. The van der Waals surface area contributed by atoms with Gasteiger partial charge < -0.3 is 22.8 Å². The van der Waals surface area contributed by atoms with Crippen LogP contribution in [0.3, 0.4) is 0 Å². The Hall–Kier alpha value is -16.2. The largest absolute Gasteiger partial charge is 0.309 e. The van der Waals surface area contributed by atoms with Crippen LogP contribution < -0.4 is 0 Å². The first kappa shape index (κ1) is 79.3. The Morgan fingerprint density at radius 2 is 0.470 bits per heavy atom. The average Bonchev–Trinajstić information content (AvgIpc) is 1.53. The number of benzene rings is 18. The smallest absolute Gasteiger partial charge is 0.235 e. The quantitative estimate of drug-likeness (QED) is 0.114. The van der Waals surface area contributed by atoms with Crippen molar-refractivity contribution in [1.29, 1.82) is 0 Å². The molecule has 0 saturated carbocycles. The summed E-state index contributed by atoms with van der Waals surface area (Å²) in [6.07, 6.45) is 0. The Labute approximate surface area is 767 Å². The second kappa shape index (κ2) is 30.8. The monoisotopic (exact) mass is 1700 g/mol. The molecule has 0 aliphatic heterocycles. The summed E-state index contributed by atoms with van der Waals surface area (Å²) in [5, 5.41) is 14.8. The first-order valence-corrected chi connectivity index (χ1v) is 46.0. The fourth-order valence-corrected chi connectivity index (χ4v) is 21.5. The van der Waals surface area contributed by atoms with Crippen molar-refractivity contribution in [3.63, 3.8) is 0 Å². The highest BCUT2D eigenvalue weighted by atomic mass is 15.2. The van der Waals surface area contributed by atoms with Gasteiger partial charge in [0.2, 0.25) is 5.95 Å². The normalized spacial score (nSPS) is 12.3. The highest BCUT2D eigenvalue weighted by Gasteiger charge is 2.40. The predicted octanol–water partition coefficient (Wildman–Crippen LogP) is 32.0. The maximum atomic E-state index is 5.32. The molecule has 0 saturated heterocycles. The summed E-state index contributed by atoms with van der Waals surface area (Å²) in [6, 6.07) is 155. The molecule has 8 nitrogen and oxygen atoms in total. The number of nitrogens with zero attached hydrogens (tertiary/aromatic N) is 8. The fourth-order valence-electron chi connectivity index (χ4n) is 21.5. The van der Waals surface area contributed by atoms with Crippen molar-refractivity contribution in [2.24, 2.45) is 0 Å². The van der Waals surface area contributed by atoms with Crippen LogP contribution in [0.5, 0.6) is 0 Å². The van der Waals surface area contributed by atoms with E-state index in [1.807, 2.05) is 0 Å². The summed E-state index contributed by atoms with van der Waals surface area (Å²) in [7, 11) is 0. The van der Waals surface area contributed by atoms with Crippen LogP contribution in [0.25, 0.3) is 188 Å². The minimum atomic E-state index is -0.762. The van der Waals surface area contributed by atoms with Gasteiger partial charge in [-0.3, -0.25) is 4.57 Å². The zero-order chi connectivity index (χ0) is 89.0. The van der Waals surface area contributed by atoms with Crippen LogP contribution in [-0.4, -0.2) is 37.4 Å². The van der Waals surface area contributed by atoms with Gasteiger partial charge in [-0.15, -0.1) is 0 Å². The molecule has 0 aliphatic carbocycles. The summed E-state index contributed by atoms with van der Waals surface area (Å²) in [6.45, 7) is 20.3. The minimum Gasteiger partial charge on any atom is -0.309 e. The summed E-state index contributed by atoms with van der Waals surface area (Å²) in [5.41, 5.74) is 33.8. The van der Waals surface area contributed by atoms with E-state index in [0.717, 1.165) is 78.5 Å². The van der Waals surface area contributed by atoms with Crippen molar-refractivity contribution >= 4 is 131 Å². The van der Waals surface area contributed by atoms with E-state index in [9.17, 15) is 0 Å². The van der Waals surface area contributed by atoms with Crippen molar-refractivity contribution < 1.29 is 0 Å². The molecule has 0 spiro atoms. The van der Waals surface area contributed by atoms with Gasteiger partial charge in [0.25, 0.3) is 0 Å². The number of rotatable bonds is 12. The van der Waals surface area contributed by atoms with E-state index in [-0.39, 0.29) is 10.8 Å². The standard InChI is InChI=1S/C81H64N4.C43H32N4/c1-79(2,3)55-41-43-73-65(47-55)69-49-67-63-37-19-21-39-71(63)84(75(67)51-77(69)82(73)59-31-15-9-16-32-59)61-35-23-29-57(45-61)81(53-25-11-7-12-26-53,54-27-13-8-14-28-54)58-30-24-36-62(46-58)85-72-40-22-20-38-64(72)68-50-70-66-48-56(80(4,5)6)42-44-74(66)83(78(70)52-76(68)85)60-33-17-10-18-34-60;1-27-21-22-34-36-24-35-33-19-11-12-20-39(33)47(42(35)26-41(36)46(40(34)23-27)30-15-5-4-6-16-30)43-44-37(31-17-9-7-13-28(31)2)25-38(45-43)32-18-10-8-14-29(32)3/h7-52H,1-6H3;4-26H,1-3H3. The Balaban J connectivity index is 0.000000172. The molecule has 25 aromatic rings. The molecule has 0 unspecified atom stereocenters. The van der Waals surface area contributed by atoms with E-state index >= 15 is 0 Å². The molecule has 632 valence electrons. The van der Waals surface area contributed by atoms with E-state index in [1.165, 1.54) is 153 Å². The third kappa shape index (κ3) is 12.7. The molecule has 0 radical (unpaired) electrons. The topological polar surface area (TPSA) is 55.4 Å². The van der Waals surface area contributed by atoms with E-state index in [1.54, 1.807) is 0 Å². The van der Waals surface area contributed by atoms with Gasteiger partial charge in [0.05, 0.1) is 83.0 Å². The molecule has 0 bridgehead atoms.